The quantitative estimate of drug-likeness (QED) is 0.565. The van der Waals surface area contributed by atoms with Crippen molar-refractivity contribution in [3.05, 3.63) is 33.4 Å². The summed E-state index contributed by atoms with van der Waals surface area (Å²) in [4.78, 5) is 10.6. The van der Waals surface area contributed by atoms with Crippen LogP contribution in [0.2, 0.25) is 0 Å². The maximum absolute atomic E-state index is 10.9. The molecule has 1 aliphatic rings. The van der Waals surface area contributed by atoms with Gasteiger partial charge in [0, 0.05) is 6.07 Å². The molecule has 0 unspecified atom stereocenters. The number of nitrogens with zero attached hydrogens (tertiary/aromatic N) is 1. The summed E-state index contributed by atoms with van der Waals surface area (Å²) in [6, 6.07) is 3.31. The van der Waals surface area contributed by atoms with Crippen LogP contribution < -0.4 is 4.74 Å². The molecule has 4 heteroatoms. The maximum atomic E-state index is 10.9. The summed E-state index contributed by atoms with van der Waals surface area (Å²) in [5.41, 5.74) is 1.94. The highest BCUT2D eigenvalue weighted by Gasteiger charge is 2.34. The van der Waals surface area contributed by atoms with Crippen molar-refractivity contribution >= 4 is 5.69 Å². The molecule has 1 saturated carbocycles. The summed E-state index contributed by atoms with van der Waals surface area (Å²) in [5.74, 6) is 1.01. The van der Waals surface area contributed by atoms with Crippen LogP contribution in [-0.2, 0) is 0 Å². The van der Waals surface area contributed by atoms with Crippen LogP contribution in [0.25, 0.3) is 0 Å². The third-order valence-electron chi connectivity index (χ3n) is 2.76. The summed E-state index contributed by atoms with van der Waals surface area (Å²) in [7, 11) is 1.57. The van der Waals surface area contributed by atoms with Crippen molar-refractivity contribution in [1.82, 2.24) is 0 Å². The van der Waals surface area contributed by atoms with E-state index in [-0.39, 0.29) is 10.6 Å². The second kappa shape index (κ2) is 3.53. The molecule has 1 aromatic rings. The lowest BCUT2D eigenvalue weighted by Crippen LogP contribution is -1.99. The summed E-state index contributed by atoms with van der Waals surface area (Å²) in [6.07, 6.45) is 2.06. The van der Waals surface area contributed by atoms with E-state index in [1.165, 1.54) is 0 Å². The number of hydrogen-bond acceptors (Lipinski definition) is 3. The van der Waals surface area contributed by atoms with Crippen LogP contribution in [0.4, 0.5) is 5.69 Å². The third-order valence-corrected chi connectivity index (χ3v) is 2.76. The Labute approximate surface area is 88.0 Å². The summed E-state index contributed by atoms with van der Waals surface area (Å²) < 4.78 is 5.26. The largest absolute Gasteiger partial charge is 0.496 e. The van der Waals surface area contributed by atoms with Gasteiger partial charge >= 0.3 is 0 Å². The average Bonchev–Trinajstić information content (AvgIpc) is 2.99. The van der Waals surface area contributed by atoms with Gasteiger partial charge in [-0.05, 0) is 37.3 Å². The number of benzene rings is 1. The molecule has 0 amide bonds. The van der Waals surface area contributed by atoms with Gasteiger partial charge in [0.15, 0.2) is 0 Å². The summed E-state index contributed by atoms with van der Waals surface area (Å²) in [5, 5.41) is 10.9. The first-order valence-electron chi connectivity index (χ1n) is 4.97. The highest BCUT2D eigenvalue weighted by molar-refractivity contribution is 5.56. The minimum Gasteiger partial charge on any atom is -0.496 e. The van der Waals surface area contributed by atoms with E-state index in [4.69, 9.17) is 4.74 Å². The standard InChI is InChI=1S/C11H13NO3/c1-7-3-6-9(12(13)14)10(8-4-5-8)11(7)15-2/h3,6,8H,4-5H2,1-2H3. The van der Waals surface area contributed by atoms with Crippen LogP contribution in [0, 0.1) is 17.0 Å². The number of ether oxygens (including phenoxy) is 1. The van der Waals surface area contributed by atoms with Crippen LogP contribution in [0.15, 0.2) is 12.1 Å². The van der Waals surface area contributed by atoms with Crippen LogP contribution in [-0.4, -0.2) is 12.0 Å². The van der Waals surface area contributed by atoms with E-state index in [0.29, 0.717) is 11.7 Å². The van der Waals surface area contributed by atoms with E-state index in [0.717, 1.165) is 24.0 Å². The van der Waals surface area contributed by atoms with Gasteiger partial charge < -0.3 is 4.74 Å². The Morgan fingerprint density at radius 2 is 2.13 bits per heavy atom. The molecular weight excluding hydrogens is 194 g/mol. The highest BCUT2D eigenvalue weighted by Crippen LogP contribution is 2.49. The van der Waals surface area contributed by atoms with E-state index >= 15 is 0 Å². The van der Waals surface area contributed by atoms with Crippen molar-refractivity contribution in [3.63, 3.8) is 0 Å². The minimum atomic E-state index is -0.324. The van der Waals surface area contributed by atoms with E-state index in [9.17, 15) is 10.1 Å². The Morgan fingerprint density at radius 3 is 2.60 bits per heavy atom. The van der Waals surface area contributed by atoms with Crippen LogP contribution in [0.5, 0.6) is 5.75 Å². The first-order chi connectivity index (χ1) is 7.15. The number of nitro groups is 1. The lowest BCUT2D eigenvalue weighted by atomic mass is 10.0. The molecule has 0 spiro atoms. The zero-order valence-corrected chi connectivity index (χ0v) is 8.82. The van der Waals surface area contributed by atoms with Crippen molar-refractivity contribution in [2.45, 2.75) is 25.7 Å². The van der Waals surface area contributed by atoms with Gasteiger partial charge in [-0.2, -0.15) is 0 Å². The second-order valence-corrected chi connectivity index (χ2v) is 3.88. The molecule has 1 aromatic carbocycles. The topological polar surface area (TPSA) is 52.4 Å². The molecule has 1 fully saturated rings. The number of nitro benzene ring substituents is 1. The lowest BCUT2D eigenvalue weighted by Gasteiger charge is -2.10. The Kier molecular flexibility index (Phi) is 2.34. The normalized spacial score (nSPS) is 15.1. The average molecular weight is 207 g/mol. The van der Waals surface area contributed by atoms with Gasteiger partial charge in [0.2, 0.25) is 0 Å². The van der Waals surface area contributed by atoms with Crippen molar-refractivity contribution in [2.75, 3.05) is 7.11 Å². The molecule has 0 N–H and O–H groups in total. The molecule has 80 valence electrons. The Bertz CT molecular complexity index is 411. The Balaban J connectivity index is 2.60. The molecule has 2 rings (SSSR count). The Morgan fingerprint density at radius 1 is 1.47 bits per heavy atom. The predicted molar refractivity (Wildman–Crippen MR) is 56.4 cm³/mol. The molecule has 0 atom stereocenters. The highest BCUT2D eigenvalue weighted by atomic mass is 16.6. The molecule has 15 heavy (non-hydrogen) atoms. The molecule has 4 nitrogen and oxygen atoms in total. The molecular formula is C11H13NO3. The smallest absolute Gasteiger partial charge is 0.276 e. The van der Waals surface area contributed by atoms with Crippen LogP contribution in [0.1, 0.15) is 29.9 Å². The fraction of sp³-hybridized carbons (Fsp3) is 0.455. The number of methoxy groups -OCH3 is 1. The third kappa shape index (κ3) is 1.67. The summed E-state index contributed by atoms with van der Waals surface area (Å²) >= 11 is 0. The fourth-order valence-corrected chi connectivity index (χ4v) is 1.89. The van der Waals surface area contributed by atoms with Gasteiger partial charge in [-0.25, -0.2) is 0 Å². The molecule has 0 saturated heterocycles. The number of rotatable bonds is 3. The summed E-state index contributed by atoms with van der Waals surface area (Å²) in [6.45, 7) is 1.91. The molecule has 0 aliphatic heterocycles. The van der Waals surface area contributed by atoms with Crippen molar-refractivity contribution in [1.29, 1.82) is 0 Å². The van der Waals surface area contributed by atoms with Gasteiger partial charge in [0.05, 0.1) is 17.6 Å². The molecule has 1 aliphatic carbocycles. The van der Waals surface area contributed by atoms with E-state index < -0.39 is 0 Å². The molecule has 0 radical (unpaired) electrons. The molecule has 0 heterocycles. The van der Waals surface area contributed by atoms with E-state index in [1.54, 1.807) is 19.2 Å². The molecule has 0 aromatic heterocycles. The monoisotopic (exact) mass is 207 g/mol. The van der Waals surface area contributed by atoms with Crippen molar-refractivity contribution < 1.29 is 9.66 Å². The predicted octanol–water partition coefficient (Wildman–Crippen LogP) is 2.79. The van der Waals surface area contributed by atoms with Gasteiger partial charge in [-0.3, -0.25) is 10.1 Å². The van der Waals surface area contributed by atoms with Crippen molar-refractivity contribution in [3.8, 4) is 5.75 Å². The van der Waals surface area contributed by atoms with Crippen LogP contribution in [0.3, 0.4) is 0 Å². The van der Waals surface area contributed by atoms with Gasteiger partial charge in [0.25, 0.3) is 5.69 Å². The van der Waals surface area contributed by atoms with Gasteiger partial charge in [-0.15, -0.1) is 0 Å². The second-order valence-electron chi connectivity index (χ2n) is 3.88. The zero-order valence-electron chi connectivity index (χ0n) is 8.82. The van der Waals surface area contributed by atoms with Crippen LogP contribution >= 0.6 is 0 Å². The maximum Gasteiger partial charge on any atom is 0.276 e. The van der Waals surface area contributed by atoms with Gasteiger partial charge in [0.1, 0.15) is 5.75 Å². The first kappa shape index (κ1) is 9.96. The molecule has 0 bridgehead atoms. The first-order valence-corrected chi connectivity index (χ1v) is 4.97. The Hall–Kier alpha value is -1.58. The van der Waals surface area contributed by atoms with E-state index in [1.807, 2.05) is 6.92 Å². The number of aryl methyl sites for hydroxylation is 1. The number of hydrogen-bond donors (Lipinski definition) is 0. The lowest BCUT2D eigenvalue weighted by molar-refractivity contribution is -0.385. The van der Waals surface area contributed by atoms with Gasteiger partial charge in [-0.1, -0.05) is 0 Å². The minimum absolute atomic E-state index is 0.194. The van der Waals surface area contributed by atoms with Crippen molar-refractivity contribution in [2.24, 2.45) is 0 Å². The zero-order chi connectivity index (χ0) is 11.0. The van der Waals surface area contributed by atoms with E-state index in [2.05, 4.69) is 0 Å². The SMILES string of the molecule is COc1c(C)ccc([N+](=O)[O-])c1C1CC1. The fourth-order valence-electron chi connectivity index (χ4n) is 1.89.